The number of nitrogens with one attached hydrogen (secondary N) is 10. The number of amides is 11. The smallest absolute Gasteiger partial charge is 0.325 e. The lowest BCUT2D eigenvalue weighted by atomic mass is 10.0. The zero-order chi connectivity index (χ0) is 63.7. The molecule has 1 heterocycles. The normalized spacial score (nSPS) is 16.4. The number of likely N-dealkylation sites (tertiary alicyclic amines) is 1. The molecule has 84 heavy (non-hydrogen) atoms. The molecule has 1 saturated heterocycles. The fraction of sp³-hybridized carbons (Fsp3) is 0.608. The van der Waals surface area contributed by atoms with Crippen LogP contribution in [0.25, 0.3) is 0 Å². The number of aromatic hydroxyl groups is 1. The molecule has 0 bridgehead atoms. The van der Waals surface area contributed by atoms with Crippen molar-refractivity contribution in [3.8, 4) is 5.75 Å². The van der Waals surface area contributed by atoms with Crippen molar-refractivity contribution in [2.45, 2.75) is 154 Å². The number of hydrogen-bond donors (Lipinski definition) is 18. The molecule has 11 amide bonds. The number of aliphatic hydroxyl groups excluding tert-OH is 2. The van der Waals surface area contributed by atoms with E-state index in [0.29, 0.717) is 12.0 Å². The number of carboxylic acid groups (broad SMARTS) is 2. The monoisotopic (exact) mass is 1190 g/mol. The molecule has 1 aromatic rings. The highest BCUT2D eigenvalue weighted by Crippen LogP contribution is 2.19. The number of hydrogen-bond acceptors (Lipinski definition) is 18. The number of carboxylic acids is 2. The van der Waals surface area contributed by atoms with Crippen LogP contribution in [0.15, 0.2) is 29.3 Å². The molecule has 0 radical (unpaired) electrons. The first-order chi connectivity index (χ1) is 39.3. The molecular weight excluding hydrogens is 1110 g/mol. The summed E-state index contributed by atoms with van der Waals surface area (Å²) >= 11 is 0. The van der Waals surface area contributed by atoms with Gasteiger partial charge in [-0.15, -0.1) is 0 Å². The topological polar surface area (TPSA) is 537 Å². The summed E-state index contributed by atoms with van der Waals surface area (Å²) in [6, 6.07) is -8.40. The quantitative estimate of drug-likeness (QED) is 0.0173. The van der Waals surface area contributed by atoms with Crippen molar-refractivity contribution in [2.24, 2.45) is 34.0 Å². The Hall–Kier alpha value is -8.72. The second-order valence-electron chi connectivity index (χ2n) is 20.6. The van der Waals surface area contributed by atoms with Gasteiger partial charge in [0.15, 0.2) is 5.96 Å². The SMILES string of the molecule is CC(C)[C@H](N)C(=O)N[C@@H](Cc1ccc(O)cc1)C(=O)N[C@@H](C)C(=O)N[C@H](C(=O)N[C@H](C(=O)NCC(=O)N[C@@H](CCCN=C(N)N)C(=O)NCC(=O)N[C@@H](CC(=O)O)C(=O)N[C@@H](CO)C(=O)N1CCC[C@H]1C(=O)N[C@@H](C)C(=O)O)[C@@H](C)O)C(C)C. The lowest BCUT2D eigenvalue weighted by Crippen LogP contribution is -2.61. The molecule has 1 fully saturated rings. The van der Waals surface area contributed by atoms with E-state index in [4.69, 9.17) is 22.3 Å². The molecular formula is C51H81N15O18. The summed E-state index contributed by atoms with van der Waals surface area (Å²) < 4.78 is 0. The highest BCUT2D eigenvalue weighted by atomic mass is 16.4. The highest BCUT2D eigenvalue weighted by molar-refractivity contribution is 5.99. The van der Waals surface area contributed by atoms with Gasteiger partial charge in [-0.2, -0.15) is 0 Å². The summed E-state index contributed by atoms with van der Waals surface area (Å²) in [4.78, 5) is 174. The molecule has 2 rings (SSSR count). The van der Waals surface area contributed by atoms with E-state index < -0.39 is 175 Å². The molecule has 33 heteroatoms. The molecule has 0 spiro atoms. The Kier molecular flexibility index (Phi) is 29.5. The van der Waals surface area contributed by atoms with E-state index in [1.54, 1.807) is 27.7 Å². The molecule has 11 atom stereocenters. The van der Waals surface area contributed by atoms with Crippen molar-refractivity contribution in [3.63, 3.8) is 0 Å². The third-order valence-electron chi connectivity index (χ3n) is 12.9. The van der Waals surface area contributed by atoms with Gasteiger partial charge in [0.2, 0.25) is 65.0 Å². The number of aliphatic imine (C=N–C) groups is 1. The van der Waals surface area contributed by atoms with Gasteiger partial charge in [0.1, 0.15) is 60.1 Å². The molecule has 33 nitrogen and oxygen atoms in total. The molecule has 1 aliphatic heterocycles. The molecule has 21 N–H and O–H groups in total. The number of carbonyl (C=O) groups is 13. The van der Waals surface area contributed by atoms with Crippen LogP contribution in [0.5, 0.6) is 5.75 Å². The number of phenols is 1. The molecule has 1 aromatic carbocycles. The molecule has 0 aromatic heterocycles. The third-order valence-corrected chi connectivity index (χ3v) is 12.9. The summed E-state index contributed by atoms with van der Waals surface area (Å²) in [6.07, 6.45) is -2.45. The Labute approximate surface area is 483 Å². The number of guanidine groups is 1. The summed E-state index contributed by atoms with van der Waals surface area (Å²) in [5.41, 5.74) is 17.3. The fourth-order valence-electron chi connectivity index (χ4n) is 8.04. The van der Waals surface area contributed by atoms with E-state index in [1.165, 1.54) is 38.1 Å². The van der Waals surface area contributed by atoms with Gasteiger partial charge in [0.25, 0.3) is 0 Å². The van der Waals surface area contributed by atoms with Crippen LogP contribution in [-0.2, 0) is 68.7 Å². The van der Waals surface area contributed by atoms with Gasteiger partial charge in [0, 0.05) is 19.5 Å². The molecule has 0 unspecified atom stereocenters. The number of aliphatic hydroxyl groups is 2. The maximum Gasteiger partial charge on any atom is 0.325 e. The van der Waals surface area contributed by atoms with Gasteiger partial charge in [-0.1, -0.05) is 39.8 Å². The van der Waals surface area contributed by atoms with Crippen molar-refractivity contribution in [1.82, 2.24) is 58.1 Å². The number of benzene rings is 1. The lowest BCUT2D eigenvalue weighted by Gasteiger charge is -2.29. The Morgan fingerprint density at radius 1 is 0.631 bits per heavy atom. The molecule has 0 aliphatic carbocycles. The van der Waals surface area contributed by atoms with Crippen LogP contribution in [0, 0.1) is 11.8 Å². The Balaban J connectivity index is 2.13. The number of carbonyl (C=O) groups excluding carboxylic acids is 11. The number of aliphatic carboxylic acids is 2. The maximum atomic E-state index is 13.7. The third kappa shape index (κ3) is 24.0. The van der Waals surface area contributed by atoms with Gasteiger partial charge in [-0.25, -0.2) is 0 Å². The fourth-order valence-corrected chi connectivity index (χ4v) is 8.04. The Bertz CT molecular complexity index is 2550. The second kappa shape index (κ2) is 34.7. The number of nitrogens with two attached hydrogens (primary N) is 3. The van der Waals surface area contributed by atoms with Crippen molar-refractivity contribution >= 4 is 82.9 Å². The van der Waals surface area contributed by atoms with Crippen molar-refractivity contribution in [3.05, 3.63) is 29.8 Å². The van der Waals surface area contributed by atoms with Crippen LogP contribution in [-0.4, -0.2) is 213 Å². The van der Waals surface area contributed by atoms with Crippen LogP contribution >= 0.6 is 0 Å². The second-order valence-corrected chi connectivity index (χ2v) is 20.6. The van der Waals surface area contributed by atoms with Crippen LogP contribution in [0.1, 0.15) is 86.1 Å². The minimum absolute atomic E-state index is 0.0164. The van der Waals surface area contributed by atoms with Gasteiger partial charge in [-0.3, -0.25) is 67.3 Å². The van der Waals surface area contributed by atoms with Crippen molar-refractivity contribution < 1.29 is 87.9 Å². The van der Waals surface area contributed by atoms with E-state index in [0.717, 1.165) is 11.8 Å². The van der Waals surface area contributed by atoms with Crippen molar-refractivity contribution in [2.75, 3.05) is 32.8 Å². The predicted molar refractivity (Wildman–Crippen MR) is 296 cm³/mol. The average Bonchev–Trinajstić information content (AvgIpc) is 4.16. The minimum Gasteiger partial charge on any atom is -0.508 e. The zero-order valence-corrected chi connectivity index (χ0v) is 47.8. The maximum absolute atomic E-state index is 13.7. The van der Waals surface area contributed by atoms with Crippen LogP contribution in [0.2, 0.25) is 0 Å². The zero-order valence-electron chi connectivity index (χ0n) is 47.8. The van der Waals surface area contributed by atoms with Gasteiger partial charge >= 0.3 is 11.9 Å². The number of nitrogens with zero attached hydrogens (tertiary/aromatic N) is 2. The van der Waals surface area contributed by atoms with E-state index >= 15 is 0 Å². The summed E-state index contributed by atoms with van der Waals surface area (Å²) in [5, 5.41) is 72.3. The van der Waals surface area contributed by atoms with Crippen LogP contribution in [0.3, 0.4) is 0 Å². The van der Waals surface area contributed by atoms with E-state index in [9.17, 15) is 82.8 Å². The van der Waals surface area contributed by atoms with Crippen LogP contribution in [0.4, 0.5) is 0 Å². The lowest BCUT2D eigenvalue weighted by molar-refractivity contribution is -0.145. The first-order valence-corrected chi connectivity index (χ1v) is 26.9. The molecule has 0 saturated carbocycles. The van der Waals surface area contributed by atoms with Crippen LogP contribution < -0.4 is 70.4 Å². The van der Waals surface area contributed by atoms with Gasteiger partial charge in [-0.05, 0) is 76.0 Å². The predicted octanol–water partition coefficient (Wildman–Crippen LogP) is -7.30. The molecule has 468 valence electrons. The summed E-state index contributed by atoms with van der Waals surface area (Å²) in [7, 11) is 0. The van der Waals surface area contributed by atoms with E-state index in [1.807, 2.05) is 0 Å². The summed E-state index contributed by atoms with van der Waals surface area (Å²) in [5.74, 6) is -14.8. The van der Waals surface area contributed by atoms with Crippen molar-refractivity contribution in [1.29, 1.82) is 0 Å². The largest absolute Gasteiger partial charge is 0.508 e. The van der Waals surface area contributed by atoms with Gasteiger partial charge in [0.05, 0.1) is 38.3 Å². The average molecular weight is 1190 g/mol. The molecule has 1 aliphatic rings. The van der Waals surface area contributed by atoms with E-state index in [2.05, 4.69) is 58.2 Å². The van der Waals surface area contributed by atoms with Gasteiger partial charge < -0.3 is 101 Å². The standard InChI is InChI=1S/C51H81N15O18/c1-23(2)38(52)46(79)62-31(18-28-12-14-29(69)15-13-28)43(76)58-25(5)41(74)64-39(24(3)4)48(81)65-40(27(7)68)47(80)57-21-35(70)60-30(10-8-16-55-51(53)54)42(75)56-20-36(71)61-32(19-37(72)73)44(77)63-33(22-67)49(82)66-17-9-11-34(66)45(78)59-26(6)50(83)84/h12-15,23-27,30-34,38-40,67-69H,8-11,16-22,52H2,1-7H3,(H,56,75)(H,57,80)(H,58,76)(H,59,78)(H,60,70)(H,61,71)(H,62,79)(H,63,77)(H,64,74)(H,65,81)(H,72,73)(H,83,84)(H4,53,54,55)/t25-,26-,27+,30-,31-,32-,33-,34-,38-,39-,40-/m0/s1. The number of rotatable bonds is 34. The van der Waals surface area contributed by atoms with E-state index in [-0.39, 0.29) is 56.4 Å². The number of phenolic OH excluding ortho intramolecular Hbond substituents is 1. The summed E-state index contributed by atoms with van der Waals surface area (Å²) in [6.45, 7) is 7.27. The Morgan fingerprint density at radius 2 is 1.19 bits per heavy atom. The first kappa shape index (κ1) is 71.4. The minimum atomic E-state index is -1.91. The Morgan fingerprint density at radius 3 is 1.73 bits per heavy atom. The highest BCUT2D eigenvalue weighted by Gasteiger charge is 2.40. The first-order valence-electron chi connectivity index (χ1n) is 26.9.